The Morgan fingerprint density at radius 3 is 2.87 bits per heavy atom. The number of amides is 1. The standard InChI is InChI=1S/C18H24N2O3/c1-13-8-16(13)17(21)20-11-18(12-20)15(4-7-23-18)10-22-9-14-2-5-19-6-3-14/h2-3,5-6,13,15-16H,4,7-12H2,1H3/t13-,15+,16-/m1/s1. The van der Waals surface area contributed by atoms with E-state index in [1.54, 1.807) is 12.4 Å². The molecule has 3 aliphatic rings. The van der Waals surface area contributed by atoms with Crippen LogP contribution >= 0.6 is 0 Å². The Kier molecular flexibility index (Phi) is 3.85. The topological polar surface area (TPSA) is 51.7 Å². The number of pyridine rings is 1. The van der Waals surface area contributed by atoms with Crippen molar-refractivity contribution in [3.63, 3.8) is 0 Å². The van der Waals surface area contributed by atoms with Gasteiger partial charge in [-0.15, -0.1) is 0 Å². The molecule has 1 saturated carbocycles. The Morgan fingerprint density at radius 2 is 2.17 bits per heavy atom. The molecule has 0 bridgehead atoms. The Bertz CT molecular complexity index is 571. The van der Waals surface area contributed by atoms with Crippen LogP contribution in [0, 0.1) is 17.8 Å². The van der Waals surface area contributed by atoms with E-state index in [4.69, 9.17) is 9.47 Å². The normalized spacial score (nSPS) is 31.2. The second kappa shape index (κ2) is 5.87. The van der Waals surface area contributed by atoms with E-state index >= 15 is 0 Å². The van der Waals surface area contributed by atoms with E-state index in [0.29, 0.717) is 31.0 Å². The SMILES string of the molecule is C[C@@H]1C[C@H]1C(=O)N1CC2(C1)OCC[C@H]2COCc1ccncc1. The number of likely N-dealkylation sites (tertiary alicyclic amines) is 1. The van der Waals surface area contributed by atoms with Crippen molar-refractivity contribution in [2.45, 2.75) is 32.0 Å². The zero-order chi connectivity index (χ0) is 15.9. The summed E-state index contributed by atoms with van der Waals surface area (Å²) >= 11 is 0. The first-order valence-corrected chi connectivity index (χ1v) is 8.57. The van der Waals surface area contributed by atoms with Gasteiger partial charge in [0, 0.05) is 30.8 Å². The van der Waals surface area contributed by atoms with Gasteiger partial charge in [0.15, 0.2) is 0 Å². The van der Waals surface area contributed by atoms with Crippen LogP contribution in [0.5, 0.6) is 0 Å². The third-order valence-electron chi connectivity index (χ3n) is 5.59. The number of hydrogen-bond donors (Lipinski definition) is 0. The molecule has 1 amide bonds. The number of carbonyl (C=O) groups is 1. The van der Waals surface area contributed by atoms with Crippen LogP contribution in [0.1, 0.15) is 25.3 Å². The zero-order valence-corrected chi connectivity index (χ0v) is 13.6. The van der Waals surface area contributed by atoms with Gasteiger partial charge in [0.05, 0.1) is 26.3 Å². The average Bonchev–Trinajstić information content (AvgIpc) is 3.10. The Labute approximate surface area is 137 Å². The Hall–Kier alpha value is -1.46. The van der Waals surface area contributed by atoms with Crippen molar-refractivity contribution in [1.29, 1.82) is 0 Å². The minimum Gasteiger partial charge on any atom is -0.376 e. The fourth-order valence-corrected chi connectivity index (χ4v) is 3.82. The predicted molar refractivity (Wildman–Crippen MR) is 84.5 cm³/mol. The molecule has 0 N–H and O–H groups in total. The lowest BCUT2D eigenvalue weighted by molar-refractivity contribution is -0.170. The van der Waals surface area contributed by atoms with E-state index < -0.39 is 0 Å². The van der Waals surface area contributed by atoms with Crippen molar-refractivity contribution in [3.8, 4) is 0 Å². The monoisotopic (exact) mass is 316 g/mol. The first-order valence-electron chi connectivity index (χ1n) is 8.57. The molecule has 3 atom stereocenters. The molecule has 1 spiro atoms. The van der Waals surface area contributed by atoms with Gasteiger partial charge in [0.2, 0.25) is 5.91 Å². The summed E-state index contributed by atoms with van der Waals surface area (Å²) in [5.41, 5.74) is 0.993. The van der Waals surface area contributed by atoms with Gasteiger partial charge in [-0.05, 0) is 36.5 Å². The van der Waals surface area contributed by atoms with Gasteiger partial charge in [-0.3, -0.25) is 9.78 Å². The van der Waals surface area contributed by atoms with E-state index in [2.05, 4.69) is 11.9 Å². The van der Waals surface area contributed by atoms with Gasteiger partial charge in [-0.1, -0.05) is 6.92 Å². The molecule has 2 aliphatic heterocycles. The van der Waals surface area contributed by atoms with E-state index in [1.165, 1.54) is 0 Å². The van der Waals surface area contributed by atoms with Crippen molar-refractivity contribution in [2.24, 2.45) is 17.8 Å². The second-order valence-electron chi connectivity index (χ2n) is 7.28. The number of aromatic nitrogens is 1. The van der Waals surface area contributed by atoms with Crippen LogP contribution in [0.2, 0.25) is 0 Å². The second-order valence-corrected chi connectivity index (χ2v) is 7.28. The highest BCUT2D eigenvalue weighted by atomic mass is 16.5. The molecule has 3 fully saturated rings. The summed E-state index contributed by atoms with van der Waals surface area (Å²) in [5, 5.41) is 0. The minimum atomic E-state index is -0.147. The van der Waals surface area contributed by atoms with Gasteiger partial charge in [-0.2, -0.15) is 0 Å². The molecule has 5 nitrogen and oxygen atoms in total. The molecule has 23 heavy (non-hydrogen) atoms. The molecule has 4 rings (SSSR count). The lowest BCUT2D eigenvalue weighted by atomic mass is 9.81. The van der Waals surface area contributed by atoms with Gasteiger partial charge in [-0.25, -0.2) is 0 Å². The van der Waals surface area contributed by atoms with Crippen molar-refractivity contribution in [2.75, 3.05) is 26.3 Å². The van der Waals surface area contributed by atoms with Gasteiger partial charge in [0.1, 0.15) is 5.60 Å². The van der Waals surface area contributed by atoms with Crippen LogP contribution in [-0.4, -0.2) is 47.7 Å². The molecule has 124 valence electrons. The molecule has 1 aromatic rings. The van der Waals surface area contributed by atoms with E-state index in [9.17, 15) is 4.79 Å². The van der Waals surface area contributed by atoms with E-state index in [-0.39, 0.29) is 11.5 Å². The third-order valence-corrected chi connectivity index (χ3v) is 5.59. The molecule has 5 heteroatoms. The Balaban J connectivity index is 1.27. The molecule has 0 aromatic carbocycles. The van der Waals surface area contributed by atoms with E-state index in [1.807, 2.05) is 17.0 Å². The number of carbonyl (C=O) groups excluding carboxylic acids is 1. The van der Waals surface area contributed by atoms with Crippen LogP contribution in [0.15, 0.2) is 24.5 Å². The Morgan fingerprint density at radius 1 is 1.43 bits per heavy atom. The molecule has 1 aliphatic carbocycles. The van der Waals surface area contributed by atoms with Crippen molar-refractivity contribution >= 4 is 5.91 Å². The number of ether oxygens (including phenoxy) is 2. The van der Waals surface area contributed by atoms with Crippen molar-refractivity contribution < 1.29 is 14.3 Å². The molecule has 0 radical (unpaired) electrons. The average molecular weight is 316 g/mol. The van der Waals surface area contributed by atoms with Gasteiger partial charge >= 0.3 is 0 Å². The maximum Gasteiger partial charge on any atom is 0.226 e. The maximum absolute atomic E-state index is 12.3. The summed E-state index contributed by atoms with van der Waals surface area (Å²) in [4.78, 5) is 18.3. The van der Waals surface area contributed by atoms with Crippen LogP contribution in [-0.2, 0) is 20.9 Å². The molecular formula is C18H24N2O3. The smallest absolute Gasteiger partial charge is 0.226 e. The summed E-state index contributed by atoms with van der Waals surface area (Å²) in [6.07, 6.45) is 5.65. The van der Waals surface area contributed by atoms with Crippen molar-refractivity contribution in [1.82, 2.24) is 9.88 Å². The zero-order valence-electron chi connectivity index (χ0n) is 13.6. The third kappa shape index (κ3) is 2.88. The number of nitrogens with zero attached hydrogens (tertiary/aromatic N) is 2. The lowest BCUT2D eigenvalue weighted by Crippen LogP contribution is -2.67. The highest BCUT2D eigenvalue weighted by molar-refractivity contribution is 5.82. The van der Waals surface area contributed by atoms with Crippen molar-refractivity contribution in [3.05, 3.63) is 30.1 Å². The summed E-state index contributed by atoms with van der Waals surface area (Å²) in [5.74, 6) is 1.57. The summed E-state index contributed by atoms with van der Waals surface area (Å²) in [6, 6.07) is 3.95. The highest BCUT2D eigenvalue weighted by Gasteiger charge is 2.56. The van der Waals surface area contributed by atoms with Gasteiger partial charge in [0.25, 0.3) is 0 Å². The van der Waals surface area contributed by atoms with Crippen LogP contribution in [0.4, 0.5) is 0 Å². The largest absolute Gasteiger partial charge is 0.376 e. The minimum absolute atomic E-state index is 0.147. The molecule has 3 heterocycles. The number of hydrogen-bond acceptors (Lipinski definition) is 4. The maximum atomic E-state index is 12.3. The molecular weight excluding hydrogens is 292 g/mol. The summed E-state index contributed by atoms with van der Waals surface area (Å²) < 4.78 is 11.9. The fourth-order valence-electron chi connectivity index (χ4n) is 3.82. The van der Waals surface area contributed by atoms with E-state index in [0.717, 1.165) is 38.1 Å². The summed E-state index contributed by atoms with van der Waals surface area (Å²) in [6.45, 7) is 5.74. The first kappa shape index (κ1) is 15.1. The summed E-state index contributed by atoms with van der Waals surface area (Å²) in [7, 11) is 0. The molecule has 0 unspecified atom stereocenters. The quantitative estimate of drug-likeness (QED) is 0.832. The molecule has 1 aromatic heterocycles. The predicted octanol–water partition coefficient (Wildman–Crippen LogP) is 1.87. The molecule has 2 saturated heterocycles. The first-order chi connectivity index (χ1) is 11.2. The highest BCUT2D eigenvalue weighted by Crippen LogP contribution is 2.45. The van der Waals surface area contributed by atoms with Gasteiger partial charge < -0.3 is 14.4 Å². The lowest BCUT2D eigenvalue weighted by Gasteiger charge is -2.50. The fraction of sp³-hybridized carbons (Fsp3) is 0.667. The van der Waals surface area contributed by atoms with Crippen LogP contribution in [0.25, 0.3) is 0 Å². The van der Waals surface area contributed by atoms with Crippen LogP contribution in [0.3, 0.4) is 0 Å². The number of rotatable bonds is 5. The van der Waals surface area contributed by atoms with Crippen LogP contribution < -0.4 is 0 Å².